The summed E-state index contributed by atoms with van der Waals surface area (Å²) in [6.45, 7) is 0. The largest absolute Gasteiger partial charge is 0.496 e. The number of ether oxygens (including phenoxy) is 1. The van der Waals surface area contributed by atoms with Crippen LogP contribution in [0.1, 0.15) is 12.0 Å². The molecule has 2 aromatic carbocycles. The number of aromatic nitrogens is 1. The minimum Gasteiger partial charge on any atom is -0.496 e. The zero-order valence-electron chi connectivity index (χ0n) is 12.5. The van der Waals surface area contributed by atoms with Crippen molar-refractivity contribution in [2.75, 3.05) is 12.4 Å². The predicted molar refractivity (Wildman–Crippen MR) is 97.3 cm³/mol. The zero-order valence-corrected chi connectivity index (χ0v) is 14.9. The number of para-hydroxylation sites is 1. The van der Waals surface area contributed by atoms with Gasteiger partial charge in [0.05, 0.1) is 21.8 Å². The molecule has 0 aliphatic carbocycles. The summed E-state index contributed by atoms with van der Waals surface area (Å²) in [6, 6.07) is 13.7. The molecule has 0 spiro atoms. The van der Waals surface area contributed by atoms with E-state index < -0.39 is 0 Å². The van der Waals surface area contributed by atoms with Crippen LogP contribution in [-0.2, 0) is 11.2 Å². The summed E-state index contributed by atoms with van der Waals surface area (Å²) in [5.41, 5.74) is 1.99. The fourth-order valence-electron chi connectivity index (χ4n) is 2.23. The third-order valence-corrected chi connectivity index (χ3v) is 4.97. The van der Waals surface area contributed by atoms with E-state index in [2.05, 4.69) is 26.2 Å². The number of rotatable bonds is 5. The van der Waals surface area contributed by atoms with Gasteiger partial charge >= 0.3 is 0 Å². The first-order valence-electron chi connectivity index (χ1n) is 7.13. The SMILES string of the molecule is COc1ccc(CCC(=O)Nc2nc3ccccc3s2)cc1Br. The van der Waals surface area contributed by atoms with Gasteiger partial charge in [0.1, 0.15) is 5.75 Å². The zero-order chi connectivity index (χ0) is 16.2. The lowest BCUT2D eigenvalue weighted by atomic mass is 10.1. The average molecular weight is 391 g/mol. The molecule has 0 fully saturated rings. The number of carbonyl (C=O) groups excluding carboxylic acids is 1. The van der Waals surface area contributed by atoms with Crippen molar-refractivity contribution >= 4 is 48.5 Å². The highest BCUT2D eigenvalue weighted by atomic mass is 79.9. The van der Waals surface area contributed by atoms with Gasteiger partial charge in [-0.25, -0.2) is 4.98 Å². The van der Waals surface area contributed by atoms with Gasteiger partial charge < -0.3 is 10.1 Å². The molecule has 3 aromatic rings. The number of thiazole rings is 1. The number of halogens is 1. The topological polar surface area (TPSA) is 51.2 Å². The van der Waals surface area contributed by atoms with E-state index in [9.17, 15) is 4.79 Å². The summed E-state index contributed by atoms with van der Waals surface area (Å²) in [4.78, 5) is 16.5. The minimum absolute atomic E-state index is 0.0315. The number of benzene rings is 2. The van der Waals surface area contributed by atoms with Crippen molar-refractivity contribution < 1.29 is 9.53 Å². The molecule has 1 heterocycles. The van der Waals surface area contributed by atoms with Crippen LogP contribution in [0.15, 0.2) is 46.9 Å². The molecule has 6 heteroatoms. The summed E-state index contributed by atoms with van der Waals surface area (Å²) >= 11 is 4.94. The van der Waals surface area contributed by atoms with Gasteiger partial charge in [-0.2, -0.15) is 0 Å². The summed E-state index contributed by atoms with van der Waals surface area (Å²) < 4.78 is 7.16. The third kappa shape index (κ3) is 3.89. The molecule has 0 atom stereocenters. The van der Waals surface area contributed by atoms with E-state index in [0.717, 1.165) is 26.0 Å². The fraction of sp³-hybridized carbons (Fsp3) is 0.176. The monoisotopic (exact) mass is 390 g/mol. The maximum absolute atomic E-state index is 12.1. The van der Waals surface area contributed by atoms with Crippen molar-refractivity contribution in [3.8, 4) is 5.75 Å². The Morgan fingerprint density at radius 2 is 2.13 bits per heavy atom. The highest BCUT2D eigenvalue weighted by Gasteiger charge is 2.08. The van der Waals surface area contributed by atoms with Crippen LogP contribution in [0.4, 0.5) is 5.13 Å². The first-order valence-corrected chi connectivity index (χ1v) is 8.74. The van der Waals surface area contributed by atoms with Crippen LogP contribution in [0.5, 0.6) is 5.75 Å². The Morgan fingerprint density at radius 3 is 2.87 bits per heavy atom. The van der Waals surface area contributed by atoms with E-state index in [-0.39, 0.29) is 5.91 Å². The molecule has 3 rings (SSSR count). The molecule has 0 unspecified atom stereocenters. The van der Waals surface area contributed by atoms with Gasteiger partial charge in [0.15, 0.2) is 5.13 Å². The Labute approximate surface area is 146 Å². The number of amides is 1. The van der Waals surface area contributed by atoms with Crippen LogP contribution in [0.3, 0.4) is 0 Å². The lowest BCUT2D eigenvalue weighted by molar-refractivity contribution is -0.116. The summed E-state index contributed by atoms with van der Waals surface area (Å²) in [7, 11) is 1.63. The van der Waals surface area contributed by atoms with Gasteiger partial charge in [0.25, 0.3) is 0 Å². The van der Waals surface area contributed by atoms with Crippen molar-refractivity contribution in [1.29, 1.82) is 0 Å². The van der Waals surface area contributed by atoms with Crippen LogP contribution in [0.25, 0.3) is 10.2 Å². The first-order chi connectivity index (χ1) is 11.2. The molecular formula is C17H15BrN2O2S. The van der Waals surface area contributed by atoms with Crippen LogP contribution < -0.4 is 10.1 Å². The molecule has 23 heavy (non-hydrogen) atoms. The Kier molecular flexibility index (Phi) is 4.93. The van der Waals surface area contributed by atoms with Crippen LogP contribution in [-0.4, -0.2) is 18.0 Å². The molecule has 0 saturated heterocycles. The Morgan fingerprint density at radius 1 is 1.30 bits per heavy atom. The number of carbonyl (C=O) groups is 1. The number of nitrogens with one attached hydrogen (secondary N) is 1. The second-order valence-electron chi connectivity index (χ2n) is 5.00. The number of aryl methyl sites for hydroxylation is 1. The first kappa shape index (κ1) is 16.0. The average Bonchev–Trinajstić information content (AvgIpc) is 2.95. The number of fused-ring (bicyclic) bond motifs is 1. The number of nitrogens with zero attached hydrogens (tertiary/aromatic N) is 1. The smallest absolute Gasteiger partial charge is 0.226 e. The summed E-state index contributed by atoms with van der Waals surface area (Å²) in [5, 5.41) is 3.52. The molecule has 118 valence electrons. The Hall–Kier alpha value is -1.92. The van der Waals surface area contributed by atoms with Crippen LogP contribution in [0, 0.1) is 0 Å². The van der Waals surface area contributed by atoms with Gasteiger partial charge in [-0.15, -0.1) is 0 Å². The van der Waals surface area contributed by atoms with Crippen molar-refractivity contribution in [3.63, 3.8) is 0 Å². The highest BCUT2D eigenvalue weighted by molar-refractivity contribution is 9.10. The lowest BCUT2D eigenvalue weighted by Gasteiger charge is -2.06. The molecule has 0 aliphatic heterocycles. The lowest BCUT2D eigenvalue weighted by Crippen LogP contribution is -2.12. The van der Waals surface area contributed by atoms with E-state index in [1.54, 1.807) is 7.11 Å². The second-order valence-corrected chi connectivity index (χ2v) is 6.89. The van der Waals surface area contributed by atoms with E-state index in [4.69, 9.17) is 4.74 Å². The molecule has 0 saturated carbocycles. The predicted octanol–water partition coefficient (Wildman–Crippen LogP) is 4.64. The molecule has 4 nitrogen and oxygen atoms in total. The second kappa shape index (κ2) is 7.10. The van der Waals surface area contributed by atoms with E-state index >= 15 is 0 Å². The van der Waals surface area contributed by atoms with Gasteiger partial charge in [0.2, 0.25) is 5.91 Å². The van der Waals surface area contributed by atoms with E-state index in [1.165, 1.54) is 11.3 Å². The molecule has 1 N–H and O–H groups in total. The summed E-state index contributed by atoms with van der Waals surface area (Å²) in [5.74, 6) is 0.753. The maximum Gasteiger partial charge on any atom is 0.226 e. The highest BCUT2D eigenvalue weighted by Crippen LogP contribution is 2.27. The minimum atomic E-state index is -0.0315. The molecule has 0 bridgehead atoms. The fourth-order valence-corrected chi connectivity index (χ4v) is 3.70. The van der Waals surface area contributed by atoms with Crippen molar-refractivity contribution in [2.24, 2.45) is 0 Å². The third-order valence-electron chi connectivity index (χ3n) is 3.40. The quantitative estimate of drug-likeness (QED) is 0.690. The van der Waals surface area contributed by atoms with E-state index in [1.807, 2.05) is 42.5 Å². The maximum atomic E-state index is 12.1. The van der Waals surface area contributed by atoms with Crippen molar-refractivity contribution in [3.05, 3.63) is 52.5 Å². The van der Waals surface area contributed by atoms with Crippen molar-refractivity contribution in [1.82, 2.24) is 4.98 Å². The van der Waals surface area contributed by atoms with Gasteiger partial charge in [0, 0.05) is 6.42 Å². The number of anilines is 1. The van der Waals surface area contributed by atoms with E-state index in [0.29, 0.717) is 18.0 Å². The molecule has 1 amide bonds. The van der Waals surface area contributed by atoms with Gasteiger partial charge in [-0.05, 0) is 52.2 Å². The normalized spacial score (nSPS) is 10.7. The Balaban J connectivity index is 1.60. The van der Waals surface area contributed by atoms with Gasteiger partial charge in [-0.1, -0.05) is 29.5 Å². The molecule has 0 aliphatic rings. The van der Waals surface area contributed by atoms with Gasteiger partial charge in [-0.3, -0.25) is 4.79 Å². The molecule has 1 aromatic heterocycles. The molecule has 0 radical (unpaired) electrons. The summed E-state index contributed by atoms with van der Waals surface area (Å²) in [6.07, 6.45) is 1.08. The number of methoxy groups -OCH3 is 1. The van der Waals surface area contributed by atoms with Crippen LogP contribution >= 0.6 is 27.3 Å². The Bertz CT molecular complexity index is 814. The number of hydrogen-bond donors (Lipinski definition) is 1. The van der Waals surface area contributed by atoms with Crippen LogP contribution in [0.2, 0.25) is 0 Å². The molecular weight excluding hydrogens is 376 g/mol. The number of hydrogen-bond acceptors (Lipinski definition) is 4. The standard InChI is InChI=1S/C17H15BrN2O2S/c1-22-14-8-6-11(10-12(14)18)7-9-16(21)20-17-19-13-4-2-3-5-15(13)23-17/h2-6,8,10H,7,9H2,1H3,(H,19,20,21). The van der Waals surface area contributed by atoms with Crippen molar-refractivity contribution in [2.45, 2.75) is 12.8 Å².